The molecule has 2 amide bonds. The highest BCUT2D eigenvalue weighted by Crippen LogP contribution is 2.25. The predicted octanol–water partition coefficient (Wildman–Crippen LogP) is 6.07. The zero-order valence-corrected chi connectivity index (χ0v) is 20.2. The molecule has 0 aliphatic heterocycles. The molecule has 2 rings (SSSR count). The smallest absolute Gasteiger partial charge is 0.243 e. The highest BCUT2D eigenvalue weighted by molar-refractivity contribution is 8.00. The van der Waals surface area contributed by atoms with Crippen molar-refractivity contribution in [2.45, 2.75) is 50.7 Å². The van der Waals surface area contributed by atoms with Crippen LogP contribution in [0.2, 0.25) is 15.1 Å². The van der Waals surface area contributed by atoms with Gasteiger partial charge >= 0.3 is 0 Å². The summed E-state index contributed by atoms with van der Waals surface area (Å²) in [5.74, 6) is -0.132. The first kappa shape index (κ1) is 24.9. The van der Waals surface area contributed by atoms with Gasteiger partial charge in [-0.25, -0.2) is 0 Å². The lowest BCUT2D eigenvalue weighted by molar-refractivity contribution is -0.139. The summed E-state index contributed by atoms with van der Waals surface area (Å²) in [5.41, 5.74) is 0.738. The molecule has 2 aromatic rings. The minimum atomic E-state index is -0.600. The fourth-order valence-corrected chi connectivity index (χ4v) is 4.27. The van der Waals surface area contributed by atoms with Crippen molar-refractivity contribution in [3.8, 4) is 0 Å². The van der Waals surface area contributed by atoms with Gasteiger partial charge in [-0.05, 0) is 62.2 Å². The molecule has 8 heteroatoms. The SMILES string of the molecule is CC[C@@H](C(=O)NC(C)C)N(Cc1ccc(Cl)cc1Cl)C(=O)CSc1ccc(Cl)cc1. The van der Waals surface area contributed by atoms with Crippen LogP contribution < -0.4 is 5.32 Å². The quantitative estimate of drug-likeness (QED) is 0.437. The second-order valence-electron chi connectivity index (χ2n) is 7.09. The van der Waals surface area contributed by atoms with Crippen molar-refractivity contribution in [2.75, 3.05) is 5.75 Å². The summed E-state index contributed by atoms with van der Waals surface area (Å²) in [6.07, 6.45) is 0.487. The molecular weight excluding hydrogens is 463 g/mol. The molecule has 0 unspecified atom stereocenters. The molecule has 1 atom stereocenters. The predicted molar refractivity (Wildman–Crippen MR) is 127 cm³/mol. The first-order chi connectivity index (χ1) is 14.2. The third-order valence-electron chi connectivity index (χ3n) is 4.35. The summed E-state index contributed by atoms with van der Waals surface area (Å²) in [4.78, 5) is 28.5. The Balaban J connectivity index is 2.24. The third kappa shape index (κ3) is 7.38. The van der Waals surface area contributed by atoms with Crippen LogP contribution in [0.15, 0.2) is 47.4 Å². The van der Waals surface area contributed by atoms with Crippen molar-refractivity contribution in [1.29, 1.82) is 0 Å². The number of thioether (sulfide) groups is 1. The molecule has 0 fully saturated rings. The average molecular weight is 488 g/mol. The lowest BCUT2D eigenvalue weighted by Crippen LogP contribution is -2.51. The Kier molecular flexibility index (Phi) is 9.82. The maximum atomic E-state index is 13.2. The third-order valence-corrected chi connectivity index (χ3v) is 6.18. The summed E-state index contributed by atoms with van der Waals surface area (Å²) >= 11 is 19.7. The number of carbonyl (C=O) groups is 2. The summed E-state index contributed by atoms with van der Waals surface area (Å²) in [6.45, 7) is 5.90. The second-order valence-corrected chi connectivity index (χ2v) is 9.42. The normalized spacial score (nSPS) is 12.0. The molecule has 2 aromatic carbocycles. The zero-order chi connectivity index (χ0) is 22.3. The highest BCUT2D eigenvalue weighted by Gasteiger charge is 2.29. The van der Waals surface area contributed by atoms with E-state index in [2.05, 4.69) is 5.32 Å². The van der Waals surface area contributed by atoms with E-state index in [-0.39, 0.29) is 30.2 Å². The molecule has 0 saturated heterocycles. The molecule has 30 heavy (non-hydrogen) atoms. The minimum absolute atomic E-state index is 0.0222. The van der Waals surface area contributed by atoms with Crippen molar-refractivity contribution < 1.29 is 9.59 Å². The van der Waals surface area contributed by atoms with Crippen LogP contribution >= 0.6 is 46.6 Å². The van der Waals surface area contributed by atoms with E-state index in [0.717, 1.165) is 10.5 Å². The topological polar surface area (TPSA) is 49.4 Å². The van der Waals surface area contributed by atoms with E-state index in [1.807, 2.05) is 32.9 Å². The molecule has 0 saturated carbocycles. The summed E-state index contributed by atoms with van der Waals surface area (Å²) < 4.78 is 0. The molecule has 0 aliphatic rings. The van der Waals surface area contributed by atoms with Gasteiger partial charge in [0.2, 0.25) is 11.8 Å². The maximum Gasteiger partial charge on any atom is 0.243 e. The molecule has 0 spiro atoms. The van der Waals surface area contributed by atoms with Crippen molar-refractivity contribution in [3.05, 3.63) is 63.1 Å². The standard InChI is InChI=1S/C22H25Cl3N2O2S/c1-4-20(22(29)26-14(2)3)27(12-15-5-6-17(24)11-19(15)25)21(28)13-30-18-9-7-16(23)8-10-18/h5-11,14,20H,4,12-13H2,1-3H3,(H,26,29)/t20-/m0/s1. The first-order valence-corrected chi connectivity index (χ1v) is 11.7. The Hall–Kier alpha value is -1.40. The lowest BCUT2D eigenvalue weighted by atomic mass is 10.1. The van der Waals surface area contributed by atoms with Crippen LogP contribution in [0, 0.1) is 0 Å². The van der Waals surface area contributed by atoms with Crippen LogP contribution in [0.4, 0.5) is 0 Å². The Bertz CT molecular complexity index is 875. The number of amides is 2. The number of nitrogens with zero attached hydrogens (tertiary/aromatic N) is 1. The van der Waals surface area contributed by atoms with Gasteiger partial charge in [-0.15, -0.1) is 11.8 Å². The van der Waals surface area contributed by atoms with E-state index in [1.165, 1.54) is 11.8 Å². The number of benzene rings is 2. The summed E-state index contributed by atoms with van der Waals surface area (Å²) in [7, 11) is 0. The van der Waals surface area contributed by atoms with E-state index >= 15 is 0 Å². The number of halogens is 3. The molecule has 1 N–H and O–H groups in total. The van der Waals surface area contributed by atoms with E-state index in [0.29, 0.717) is 21.5 Å². The molecule has 162 valence electrons. The van der Waals surface area contributed by atoms with Crippen LogP contribution in [-0.2, 0) is 16.1 Å². The Morgan fingerprint density at radius 1 is 1.03 bits per heavy atom. The van der Waals surface area contributed by atoms with E-state index in [9.17, 15) is 9.59 Å². The Morgan fingerprint density at radius 3 is 2.23 bits per heavy atom. The maximum absolute atomic E-state index is 13.2. The van der Waals surface area contributed by atoms with Gasteiger partial charge in [0, 0.05) is 32.5 Å². The van der Waals surface area contributed by atoms with Crippen molar-refractivity contribution in [3.63, 3.8) is 0 Å². The van der Waals surface area contributed by atoms with Crippen molar-refractivity contribution in [2.24, 2.45) is 0 Å². The number of rotatable bonds is 9. The molecule has 4 nitrogen and oxygen atoms in total. The number of hydrogen-bond acceptors (Lipinski definition) is 3. The Labute approximate surface area is 197 Å². The number of carbonyl (C=O) groups excluding carboxylic acids is 2. The Morgan fingerprint density at radius 2 is 1.67 bits per heavy atom. The van der Waals surface area contributed by atoms with Crippen LogP contribution in [-0.4, -0.2) is 34.6 Å². The van der Waals surface area contributed by atoms with Gasteiger partial charge in [0.1, 0.15) is 6.04 Å². The van der Waals surface area contributed by atoms with Crippen LogP contribution in [0.5, 0.6) is 0 Å². The largest absolute Gasteiger partial charge is 0.352 e. The molecule has 0 aliphatic carbocycles. The van der Waals surface area contributed by atoms with Crippen LogP contribution in [0.3, 0.4) is 0 Å². The van der Waals surface area contributed by atoms with Gasteiger partial charge in [0.15, 0.2) is 0 Å². The number of nitrogens with one attached hydrogen (secondary N) is 1. The summed E-state index contributed by atoms with van der Waals surface area (Å²) in [5, 5.41) is 4.53. The van der Waals surface area contributed by atoms with Gasteiger partial charge in [-0.3, -0.25) is 9.59 Å². The molecule has 0 aromatic heterocycles. The fraction of sp³-hybridized carbons (Fsp3) is 0.364. The second kappa shape index (κ2) is 11.8. The monoisotopic (exact) mass is 486 g/mol. The molecular formula is C22H25Cl3N2O2S. The lowest BCUT2D eigenvalue weighted by Gasteiger charge is -2.31. The van der Waals surface area contributed by atoms with Gasteiger partial charge in [0.25, 0.3) is 0 Å². The van der Waals surface area contributed by atoms with Crippen molar-refractivity contribution in [1.82, 2.24) is 10.2 Å². The molecule has 0 radical (unpaired) electrons. The highest BCUT2D eigenvalue weighted by atomic mass is 35.5. The summed E-state index contributed by atoms with van der Waals surface area (Å²) in [6, 6.07) is 11.8. The average Bonchev–Trinajstić information content (AvgIpc) is 2.68. The minimum Gasteiger partial charge on any atom is -0.352 e. The van der Waals surface area contributed by atoms with Gasteiger partial charge in [-0.1, -0.05) is 47.8 Å². The number of hydrogen-bond donors (Lipinski definition) is 1. The van der Waals surface area contributed by atoms with E-state index < -0.39 is 6.04 Å². The van der Waals surface area contributed by atoms with Gasteiger partial charge < -0.3 is 10.2 Å². The van der Waals surface area contributed by atoms with Crippen LogP contribution in [0.1, 0.15) is 32.8 Å². The molecule has 0 heterocycles. The van der Waals surface area contributed by atoms with Gasteiger partial charge in [-0.2, -0.15) is 0 Å². The van der Waals surface area contributed by atoms with E-state index in [1.54, 1.807) is 35.2 Å². The van der Waals surface area contributed by atoms with Gasteiger partial charge in [0.05, 0.1) is 5.75 Å². The zero-order valence-electron chi connectivity index (χ0n) is 17.1. The first-order valence-electron chi connectivity index (χ1n) is 9.63. The van der Waals surface area contributed by atoms with Crippen molar-refractivity contribution >= 4 is 58.4 Å². The fourth-order valence-electron chi connectivity index (χ4n) is 2.89. The van der Waals surface area contributed by atoms with E-state index in [4.69, 9.17) is 34.8 Å². The molecule has 0 bridgehead atoms. The van der Waals surface area contributed by atoms with Crippen LogP contribution in [0.25, 0.3) is 0 Å².